The minimum atomic E-state index is -0.430. The van der Waals surface area contributed by atoms with Crippen molar-refractivity contribution in [3.63, 3.8) is 0 Å². The van der Waals surface area contributed by atoms with Crippen LogP contribution in [0.4, 0.5) is 4.39 Å². The number of hydrogen-bond acceptors (Lipinski definition) is 2. The third-order valence-corrected chi connectivity index (χ3v) is 2.92. The van der Waals surface area contributed by atoms with Crippen LogP contribution in [-0.2, 0) is 11.2 Å². The molecule has 0 aliphatic heterocycles. The Morgan fingerprint density at radius 3 is 2.81 bits per heavy atom. The molecule has 0 spiro atoms. The maximum atomic E-state index is 13.4. The molecule has 0 aromatic heterocycles. The van der Waals surface area contributed by atoms with E-state index in [2.05, 4.69) is 0 Å². The number of halogens is 2. The van der Waals surface area contributed by atoms with Gasteiger partial charge in [-0.1, -0.05) is 24.6 Å². The number of carbonyl (C=O) groups is 1. The first-order valence-corrected chi connectivity index (χ1v) is 5.59. The van der Waals surface area contributed by atoms with Crippen LogP contribution in [0, 0.1) is 11.7 Å². The summed E-state index contributed by atoms with van der Waals surface area (Å²) in [6.07, 6.45) is 0.650. The SMILES string of the molecule is CC(CCN)C(=O)Cc1c(F)cccc1Cl. The van der Waals surface area contributed by atoms with Crippen LogP contribution in [0.2, 0.25) is 5.02 Å². The smallest absolute Gasteiger partial charge is 0.140 e. The summed E-state index contributed by atoms with van der Waals surface area (Å²) >= 11 is 5.84. The van der Waals surface area contributed by atoms with Crippen LogP contribution in [0.3, 0.4) is 0 Å². The van der Waals surface area contributed by atoms with Gasteiger partial charge >= 0.3 is 0 Å². The molecule has 16 heavy (non-hydrogen) atoms. The van der Waals surface area contributed by atoms with Gasteiger partial charge in [-0.15, -0.1) is 0 Å². The molecule has 0 saturated carbocycles. The number of benzene rings is 1. The minimum absolute atomic E-state index is 0.0301. The average Bonchev–Trinajstić information content (AvgIpc) is 2.23. The number of nitrogens with two attached hydrogens (primary N) is 1. The highest BCUT2D eigenvalue weighted by molar-refractivity contribution is 6.31. The zero-order valence-corrected chi connectivity index (χ0v) is 9.93. The molecule has 1 rings (SSSR count). The maximum Gasteiger partial charge on any atom is 0.140 e. The molecule has 0 aliphatic rings. The van der Waals surface area contributed by atoms with E-state index in [1.54, 1.807) is 13.0 Å². The zero-order valence-electron chi connectivity index (χ0n) is 9.17. The number of hydrogen-bond donors (Lipinski definition) is 1. The Morgan fingerprint density at radius 2 is 2.25 bits per heavy atom. The molecule has 0 bridgehead atoms. The summed E-state index contributed by atoms with van der Waals surface area (Å²) < 4.78 is 13.4. The highest BCUT2D eigenvalue weighted by Crippen LogP contribution is 2.21. The fourth-order valence-corrected chi connectivity index (χ4v) is 1.69. The van der Waals surface area contributed by atoms with E-state index in [9.17, 15) is 9.18 Å². The van der Waals surface area contributed by atoms with Crippen molar-refractivity contribution in [2.75, 3.05) is 6.54 Å². The van der Waals surface area contributed by atoms with Crippen molar-refractivity contribution in [1.29, 1.82) is 0 Å². The van der Waals surface area contributed by atoms with Crippen molar-refractivity contribution < 1.29 is 9.18 Å². The molecule has 0 amide bonds. The van der Waals surface area contributed by atoms with E-state index in [0.717, 1.165) is 0 Å². The Morgan fingerprint density at radius 1 is 1.56 bits per heavy atom. The number of carbonyl (C=O) groups excluding carboxylic acids is 1. The molecule has 0 saturated heterocycles. The van der Waals surface area contributed by atoms with Crippen molar-refractivity contribution in [2.45, 2.75) is 19.8 Å². The summed E-state index contributed by atoms with van der Waals surface area (Å²) in [6.45, 7) is 2.25. The van der Waals surface area contributed by atoms with E-state index in [1.165, 1.54) is 12.1 Å². The van der Waals surface area contributed by atoms with Gasteiger partial charge in [-0.2, -0.15) is 0 Å². The second kappa shape index (κ2) is 5.97. The largest absolute Gasteiger partial charge is 0.330 e. The van der Waals surface area contributed by atoms with Crippen molar-refractivity contribution in [2.24, 2.45) is 11.7 Å². The van der Waals surface area contributed by atoms with Gasteiger partial charge in [-0.25, -0.2) is 4.39 Å². The number of ketones is 1. The first-order valence-electron chi connectivity index (χ1n) is 5.22. The van der Waals surface area contributed by atoms with Gasteiger partial charge in [0.05, 0.1) is 0 Å². The van der Waals surface area contributed by atoms with E-state index in [0.29, 0.717) is 18.0 Å². The molecule has 88 valence electrons. The van der Waals surface area contributed by atoms with Crippen molar-refractivity contribution in [3.05, 3.63) is 34.6 Å². The summed E-state index contributed by atoms with van der Waals surface area (Å²) in [5.41, 5.74) is 5.64. The van der Waals surface area contributed by atoms with Gasteiger partial charge in [0.15, 0.2) is 0 Å². The number of rotatable bonds is 5. The van der Waals surface area contributed by atoms with Crippen molar-refractivity contribution in [3.8, 4) is 0 Å². The second-order valence-corrected chi connectivity index (χ2v) is 4.23. The molecule has 1 aromatic carbocycles. The van der Waals surface area contributed by atoms with Gasteiger partial charge < -0.3 is 5.73 Å². The first-order chi connectivity index (χ1) is 7.56. The lowest BCUT2D eigenvalue weighted by atomic mass is 9.96. The first kappa shape index (κ1) is 13.1. The molecule has 0 heterocycles. The third kappa shape index (κ3) is 3.29. The molecular formula is C12H15ClFNO. The van der Waals surface area contributed by atoms with Gasteiger partial charge in [-0.05, 0) is 25.1 Å². The quantitative estimate of drug-likeness (QED) is 0.864. The predicted octanol–water partition coefficient (Wildman–Crippen LogP) is 2.58. The average molecular weight is 244 g/mol. The molecule has 2 N–H and O–H groups in total. The molecule has 4 heteroatoms. The highest BCUT2D eigenvalue weighted by Gasteiger charge is 2.16. The van der Waals surface area contributed by atoms with Gasteiger partial charge in [0.1, 0.15) is 11.6 Å². The third-order valence-electron chi connectivity index (χ3n) is 2.56. The fourth-order valence-electron chi connectivity index (χ4n) is 1.46. The Hall–Kier alpha value is -0.930. The van der Waals surface area contributed by atoms with Crippen LogP contribution in [0.15, 0.2) is 18.2 Å². The zero-order chi connectivity index (χ0) is 12.1. The Kier molecular flexibility index (Phi) is 4.90. The van der Waals surface area contributed by atoms with Crippen LogP contribution in [0.25, 0.3) is 0 Å². The summed E-state index contributed by atoms with van der Waals surface area (Å²) in [7, 11) is 0. The van der Waals surface area contributed by atoms with Gasteiger partial charge in [0.2, 0.25) is 0 Å². The van der Waals surface area contributed by atoms with Gasteiger partial charge in [0, 0.05) is 22.9 Å². The van der Waals surface area contributed by atoms with E-state index < -0.39 is 5.82 Å². The van der Waals surface area contributed by atoms with Crippen LogP contribution >= 0.6 is 11.6 Å². The lowest BCUT2D eigenvalue weighted by Crippen LogP contribution is -2.18. The standard InChI is InChI=1S/C12H15ClFNO/c1-8(5-6-15)12(16)7-9-10(13)3-2-4-11(9)14/h2-4,8H,5-7,15H2,1H3. The lowest BCUT2D eigenvalue weighted by Gasteiger charge is -2.10. The van der Waals surface area contributed by atoms with Crippen molar-refractivity contribution in [1.82, 2.24) is 0 Å². The van der Waals surface area contributed by atoms with Gasteiger partial charge in [-0.3, -0.25) is 4.79 Å². The number of Topliss-reactive ketones (excluding diaryl/α,β-unsaturated/α-hetero) is 1. The Bertz CT molecular complexity index is 361. The van der Waals surface area contributed by atoms with Crippen LogP contribution < -0.4 is 5.73 Å². The van der Waals surface area contributed by atoms with E-state index in [1.807, 2.05) is 0 Å². The summed E-state index contributed by atoms with van der Waals surface area (Å²) in [6, 6.07) is 4.41. The summed E-state index contributed by atoms with van der Waals surface area (Å²) in [5.74, 6) is -0.612. The fraction of sp³-hybridized carbons (Fsp3) is 0.417. The monoisotopic (exact) mass is 243 g/mol. The predicted molar refractivity (Wildman–Crippen MR) is 63.0 cm³/mol. The molecule has 1 unspecified atom stereocenters. The van der Waals surface area contributed by atoms with E-state index in [4.69, 9.17) is 17.3 Å². The molecule has 0 radical (unpaired) electrons. The molecule has 2 nitrogen and oxygen atoms in total. The Balaban J connectivity index is 2.77. The normalized spacial score (nSPS) is 12.5. The van der Waals surface area contributed by atoms with Crippen molar-refractivity contribution >= 4 is 17.4 Å². The lowest BCUT2D eigenvalue weighted by molar-refractivity contribution is -0.121. The molecule has 1 aromatic rings. The van der Waals surface area contributed by atoms with Gasteiger partial charge in [0.25, 0.3) is 0 Å². The minimum Gasteiger partial charge on any atom is -0.330 e. The topological polar surface area (TPSA) is 43.1 Å². The maximum absolute atomic E-state index is 13.4. The summed E-state index contributed by atoms with van der Waals surface area (Å²) in [5, 5.41) is 0.299. The van der Waals surface area contributed by atoms with E-state index >= 15 is 0 Å². The van der Waals surface area contributed by atoms with Crippen LogP contribution in [0.1, 0.15) is 18.9 Å². The highest BCUT2D eigenvalue weighted by atomic mass is 35.5. The van der Waals surface area contributed by atoms with Crippen LogP contribution in [-0.4, -0.2) is 12.3 Å². The molecule has 0 fully saturated rings. The van der Waals surface area contributed by atoms with Crippen LogP contribution in [0.5, 0.6) is 0 Å². The summed E-state index contributed by atoms with van der Waals surface area (Å²) in [4.78, 5) is 11.7. The Labute approximate surface area is 99.6 Å². The molecule has 1 atom stereocenters. The molecular weight excluding hydrogens is 229 g/mol. The molecule has 0 aliphatic carbocycles. The van der Waals surface area contributed by atoms with E-state index in [-0.39, 0.29) is 23.7 Å². The second-order valence-electron chi connectivity index (χ2n) is 3.82.